The second kappa shape index (κ2) is 468. The fourth-order valence-corrected chi connectivity index (χ4v) is 0. The molecule has 0 aliphatic heterocycles. The van der Waals surface area contributed by atoms with E-state index in [1.165, 1.54) is 12.8 Å². The fourth-order valence-electron chi connectivity index (χ4n) is 0. The summed E-state index contributed by atoms with van der Waals surface area (Å²) < 4.78 is 0. The molecule has 0 radical (unpaired) electrons. The Kier molecular flexibility index (Phi) is 1240. The first kappa shape index (κ1) is 37.0. The third-order valence-electron chi connectivity index (χ3n) is 0.500. The number of hydrogen-bond donors (Lipinski definition) is 0. The summed E-state index contributed by atoms with van der Waals surface area (Å²) in [5, 5.41) is 0. The van der Waals surface area contributed by atoms with Crippen LogP contribution in [0.15, 0.2) is 0 Å². The molecule has 0 bridgehead atoms. The Morgan fingerprint density at radius 1 is 0.357 bits per heavy atom. The van der Waals surface area contributed by atoms with E-state index in [0.29, 0.717) is 0 Å². The standard InChI is InChI=1S/C4H10.5C2H6/c1-3-4-2;5*1-2/h3-4H2,1-2H3;5*1-2H3. The van der Waals surface area contributed by atoms with Crippen molar-refractivity contribution in [2.24, 2.45) is 0 Å². The van der Waals surface area contributed by atoms with Gasteiger partial charge in [0.05, 0.1) is 0 Å². The number of rotatable bonds is 1. The molecule has 0 aliphatic rings. The first-order valence-electron chi connectivity index (χ1n) is 6.91. The minimum Gasteiger partial charge on any atom is -0.0683 e. The Balaban J connectivity index is -0.0000000143. The monoisotopic (exact) mass is 208 g/mol. The molecule has 0 fully saturated rings. The molecule has 0 nitrogen and oxygen atoms in total. The molecule has 0 atom stereocenters. The topological polar surface area (TPSA) is 0 Å². The molecule has 0 heterocycles. The van der Waals surface area contributed by atoms with Gasteiger partial charge in [0.15, 0.2) is 0 Å². The molecular weight excluding hydrogens is 168 g/mol. The molecular formula is C14H40. The molecule has 0 aliphatic carbocycles. The summed E-state index contributed by atoms with van der Waals surface area (Å²) in [7, 11) is 0. The highest BCUT2D eigenvalue weighted by atomic mass is 13.6. The first-order valence-corrected chi connectivity index (χ1v) is 6.91. The van der Waals surface area contributed by atoms with E-state index in [0.717, 1.165) is 0 Å². The molecule has 0 heteroatoms. The Bertz CT molecular complexity index is 2.00. The summed E-state index contributed by atoms with van der Waals surface area (Å²) in [5.74, 6) is 0. The van der Waals surface area contributed by atoms with Crippen LogP contribution in [-0.2, 0) is 0 Å². The maximum atomic E-state index is 2.18. The van der Waals surface area contributed by atoms with E-state index in [9.17, 15) is 0 Å². The average molecular weight is 208 g/mol. The predicted octanol–water partition coefficient (Wildman–Crippen LogP) is 6.94. The Morgan fingerprint density at radius 2 is 0.429 bits per heavy atom. The van der Waals surface area contributed by atoms with Crippen LogP contribution in [0.3, 0.4) is 0 Å². The molecule has 14 heavy (non-hydrogen) atoms. The highest BCUT2D eigenvalue weighted by Gasteiger charge is 1.56. The van der Waals surface area contributed by atoms with E-state index in [4.69, 9.17) is 0 Å². The van der Waals surface area contributed by atoms with Crippen molar-refractivity contribution >= 4 is 0 Å². The van der Waals surface area contributed by atoms with E-state index < -0.39 is 0 Å². The molecule has 0 saturated heterocycles. The van der Waals surface area contributed by atoms with Crippen LogP contribution in [0.2, 0.25) is 0 Å². The first-order chi connectivity index (χ1) is 6.91. The largest absolute Gasteiger partial charge is 0.0683 e. The van der Waals surface area contributed by atoms with Crippen LogP contribution in [0.25, 0.3) is 0 Å². The smallest absolute Gasteiger partial charge is 0.0564 e. The fraction of sp³-hybridized carbons (Fsp3) is 1.00. The summed E-state index contributed by atoms with van der Waals surface area (Å²) in [6, 6.07) is 0. The van der Waals surface area contributed by atoms with Crippen molar-refractivity contribution in [1.29, 1.82) is 0 Å². The Labute approximate surface area is 96.5 Å². The summed E-state index contributed by atoms with van der Waals surface area (Å²) in [6.45, 7) is 24.4. The summed E-state index contributed by atoms with van der Waals surface area (Å²) in [5.41, 5.74) is 0. The van der Waals surface area contributed by atoms with Gasteiger partial charge in [0.25, 0.3) is 0 Å². The molecule has 0 unspecified atom stereocenters. The van der Waals surface area contributed by atoms with Crippen molar-refractivity contribution in [3.63, 3.8) is 0 Å². The van der Waals surface area contributed by atoms with E-state index >= 15 is 0 Å². The van der Waals surface area contributed by atoms with E-state index in [1.54, 1.807) is 0 Å². The number of unbranched alkanes of at least 4 members (excludes halogenated alkanes) is 1. The minimum absolute atomic E-state index is 1.32. The van der Waals surface area contributed by atoms with Crippen LogP contribution < -0.4 is 0 Å². The third kappa shape index (κ3) is 1450. The van der Waals surface area contributed by atoms with Gasteiger partial charge < -0.3 is 0 Å². The quantitative estimate of drug-likeness (QED) is 0.438. The third-order valence-corrected chi connectivity index (χ3v) is 0.500. The molecule has 0 saturated carbocycles. The van der Waals surface area contributed by atoms with Crippen molar-refractivity contribution in [2.75, 3.05) is 0 Å². The van der Waals surface area contributed by atoms with Gasteiger partial charge >= 0.3 is 0 Å². The Hall–Kier alpha value is 0. The lowest BCUT2D eigenvalue weighted by molar-refractivity contribution is 0.886. The zero-order valence-electron chi connectivity index (χ0n) is 13.4. The lowest BCUT2D eigenvalue weighted by atomic mass is 10.4. The maximum absolute atomic E-state index is 2.18. The van der Waals surface area contributed by atoms with Crippen LogP contribution in [0.4, 0.5) is 0 Å². The predicted molar refractivity (Wildman–Crippen MR) is 77.3 cm³/mol. The second-order valence-electron chi connectivity index (χ2n) is 1.000. The number of hydrogen-bond acceptors (Lipinski definition) is 0. The molecule has 96 valence electrons. The van der Waals surface area contributed by atoms with Crippen LogP contribution in [0.5, 0.6) is 0 Å². The van der Waals surface area contributed by atoms with Gasteiger partial charge in [-0.15, -0.1) is 0 Å². The second-order valence-corrected chi connectivity index (χ2v) is 1.000. The Morgan fingerprint density at radius 3 is 0.429 bits per heavy atom. The van der Waals surface area contributed by atoms with Crippen molar-refractivity contribution in [3.8, 4) is 0 Å². The van der Waals surface area contributed by atoms with Gasteiger partial charge in [-0.3, -0.25) is 0 Å². The molecule has 0 amide bonds. The van der Waals surface area contributed by atoms with Gasteiger partial charge in [-0.1, -0.05) is 95.9 Å². The lowest BCUT2D eigenvalue weighted by Gasteiger charge is -1.68. The molecule has 0 spiro atoms. The van der Waals surface area contributed by atoms with Crippen LogP contribution in [-0.4, -0.2) is 0 Å². The van der Waals surface area contributed by atoms with Gasteiger partial charge in [0.1, 0.15) is 0 Å². The molecule has 0 aromatic heterocycles. The highest BCUT2D eigenvalue weighted by Crippen LogP contribution is 1.76. The zero-order valence-corrected chi connectivity index (χ0v) is 13.4. The van der Waals surface area contributed by atoms with Gasteiger partial charge in [-0.2, -0.15) is 0 Å². The zero-order chi connectivity index (χ0) is 13.4. The van der Waals surface area contributed by atoms with E-state index in [2.05, 4.69) is 13.8 Å². The van der Waals surface area contributed by atoms with Crippen LogP contribution >= 0.6 is 0 Å². The van der Waals surface area contributed by atoms with Gasteiger partial charge in [-0.05, 0) is 0 Å². The van der Waals surface area contributed by atoms with E-state index in [1.807, 2.05) is 69.2 Å². The van der Waals surface area contributed by atoms with Crippen molar-refractivity contribution in [3.05, 3.63) is 0 Å². The molecule has 0 aromatic rings. The van der Waals surface area contributed by atoms with Crippen LogP contribution in [0.1, 0.15) is 95.9 Å². The minimum atomic E-state index is 1.32. The van der Waals surface area contributed by atoms with Crippen molar-refractivity contribution in [2.45, 2.75) is 95.9 Å². The van der Waals surface area contributed by atoms with Crippen molar-refractivity contribution in [1.82, 2.24) is 0 Å². The van der Waals surface area contributed by atoms with Crippen LogP contribution in [0, 0.1) is 0 Å². The van der Waals surface area contributed by atoms with Crippen molar-refractivity contribution < 1.29 is 0 Å². The average Bonchev–Trinajstić information content (AvgIpc) is 2.41. The molecule has 0 rings (SSSR count). The summed E-state index contributed by atoms with van der Waals surface area (Å²) >= 11 is 0. The summed E-state index contributed by atoms with van der Waals surface area (Å²) in [4.78, 5) is 0. The van der Waals surface area contributed by atoms with Gasteiger partial charge in [0.2, 0.25) is 0 Å². The SMILES string of the molecule is CC.CC.CC.CC.CC.CCCC. The molecule has 0 aromatic carbocycles. The van der Waals surface area contributed by atoms with Gasteiger partial charge in [-0.25, -0.2) is 0 Å². The highest BCUT2D eigenvalue weighted by molar-refractivity contribution is 4.12. The molecule has 0 N–H and O–H groups in total. The lowest BCUT2D eigenvalue weighted by Crippen LogP contribution is -1.47. The van der Waals surface area contributed by atoms with E-state index in [-0.39, 0.29) is 0 Å². The van der Waals surface area contributed by atoms with Gasteiger partial charge in [0, 0.05) is 0 Å². The summed E-state index contributed by atoms with van der Waals surface area (Å²) in [6.07, 6.45) is 2.64. The maximum Gasteiger partial charge on any atom is -0.0564 e. The normalized spacial score (nSPS) is 4.29.